The minimum atomic E-state index is -0.0289. The Balaban J connectivity index is 1.22. The predicted octanol–water partition coefficient (Wildman–Crippen LogP) is 4.69. The van der Waals surface area contributed by atoms with Crippen LogP contribution in [-0.2, 0) is 11.2 Å². The molecular weight excluding hydrogens is 446 g/mol. The Morgan fingerprint density at radius 3 is 2.84 bits per heavy atom. The van der Waals surface area contributed by atoms with Crippen LogP contribution in [0.15, 0.2) is 47.8 Å². The van der Waals surface area contributed by atoms with Gasteiger partial charge in [-0.3, -0.25) is 9.69 Å². The van der Waals surface area contributed by atoms with Crippen LogP contribution in [0.4, 0.5) is 0 Å². The Morgan fingerprint density at radius 1 is 1.16 bits per heavy atom. The van der Waals surface area contributed by atoms with Crippen molar-refractivity contribution in [1.82, 2.24) is 15.2 Å². The normalized spacial score (nSPS) is 16.3. The number of halogens is 1. The summed E-state index contributed by atoms with van der Waals surface area (Å²) in [7, 11) is 0. The summed E-state index contributed by atoms with van der Waals surface area (Å²) >= 11 is 7.74. The molecule has 1 amide bonds. The molecule has 3 heterocycles. The third-order valence-corrected chi connectivity index (χ3v) is 7.00. The van der Waals surface area contributed by atoms with Gasteiger partial charge < -0.3 is 14.8 Å². The molecule has 3 aromatic rings. The molecule has 1 N–H and O–H groups in total. The molecule has 0 aliphatic carbocycles. The number of amides is 1. The van der Waals surface area contributed by atoms with Crippen molar-refractivity contribution in [3.8, 4) is 22.1 Å². The highest BCUT2D eigenvalue weighted by Crippen LogP contribution is 2.36. The highest BCUT2D eigenvalue weighted by molar-refractivity contribution is 7.13. The van der Waals surface area contributed by atoms with Crippen molar-refractivity contribution >= 4 is 28.8 Å². The fraction of sp³-hybridized carbons (Fsp3) is 0.333. The summed E-state index contributed by atoms with van der Waals surface area (Å²) in [4.78, 5) is 19.8. The summed E-state index contributed by atoms with van der Waals surface area (Å²) in [6.07, 6.45) is 2.63. The van der Waals surface area contributed by atoms with Gasteiger partial charge in [0.2, 0.25) is 12.7 Å². The maximum absolute atomic E-state index is 12.7. The highest BCUT2D eigenvalue weighted by Gasteiger charge is 2.24. The monoisotopic (exact) mass is 469 g/mol. The predicted molar refractivity (Wildman–Crippen MR) is 125 cm³/mol. The van der Waals surface area contributed by atoms with Gasteiger partial charge in [-0.05, 0) is 61.8 Å². The first kappa shape index (κ1) is 21.2. The maximum Gasteiger partial charge on any atom is 0.231 e. The molecule has 8 heteroatoms. The SMILES string of the molecule is O=C(Cc1csc(-c2ccc3c(c2)OCO3)n1)NCC(c1cccc(Cl)c1)N1CCCC1. The van der Waals surface area contributed by atoms with E-state index >= 15 is 0 Å². The van der Waals surface area contributed by atoms with E-state index in [2.05, 4.69) is 21.3 Å². The highest BCUT2D eigenvalue weighted by atomic mass is 35.5. The number of aromatic nitrogens is 1. The third kappa shape index (κ3) is 4.75. The molecule has 1 saturated heterocycles. The molecule has 2 aromatic carbocycles. The fourth-order valence-electron chi connectivity index (χ4n) is 4.21. The zero-order chi connectivity index (χ0) is 21.9. The molecular formula is C24H24ClN3O3S. The summed E-state index contributed by atoms with van der Waals surface area (Å²) in [6, 6.07) is 13.8. The molecule has 0 saturated carbocycles. The third-order valence-electron chi connectivity index (χ3n) is 5.82. The second-order valence-electron chi connectivity index (χ2n) is 8.01. The minimum Gasteiger partial charge on any atom is -0.454 e. The number of likely N-dealkylation sites (tertiary alicyclic amines) is 1. The maximum atomic E-state index is 12.7. The van der Waals surface area contributed by atoms with Gasteiger partial charge in [0, 0.05) is 22.5 Å². The molecule has 0 bridgehead atoms. The van der Waals surface area contributed by atoms with Gasteiger partial charge in [-0.15, -0.1) is 11.3 Å². The quantitative estimate of drug-likeness (QED) is 0.544. The summed E-state index contributed by atoms with van der Waals surface area (Å²) in [5.74, 6) is 1.45. The van der Waals surface area contributed by atoms with Gasteiger partial charge in [-0.2, -0.15) is 0 Å². The number of benzene rings is 2. The number of hydrogen-bond acceptors (Lipinski definition) is 6. The van der Waals surface area contributed by atoms with Crippen molar-refractivity contribution in [2.45, 2.75) is 25.3 Å². The number of carbonyl (C=O) groups is 1. The number of thiazole rings is 1. The molecule has 0 radical (unpaired) electrons. The van der Waals surface area contributed by atoms with Crippen LogP contribution in [0.2, 0.25) is 5.02 Å². The van der Waals surface area contributed by atoms with E-state index in [9.17, 15) is 4.79 Å². The van der Waals surface area contributed by atoms with E-state index in [1.54, 1.807) is 0 Å². The number of carbonyl (C=O) groups excluding carboxylic acids is 1. The number of rotatable bonds is 7. The Morgan fingerprint density at radius 2 is 2.00 bits per heavy atom. The molecule has 5 rings (SSSR count). The first-order valence-corrected chi connectivity index (χ1v) is 12.0. The Bertz CT molecular complexity index is 1110. The summed E-state index contributed by atoms with van der Waals surface area (Å²) in [6.45, 7) is 2.88. The van der Waals surface area contributed by atoms with E-state index in [-0.39, 0.29) is 25.2 Å². The standard InChI is InChI=1S/C24H24ClN3O3S/c25-18-5-3-4-16(10-18)20(28-8-1-2-9-28)13-26-23(29)12-19-14-32-24(27-19)17-6-7-21-22(11-17)31-15-30-21/h3-7,10-11,14,20H,1-2,8-9,12-13,15H2,(H,26,29). The van der Waals surface area contributed by atoms with Crippen LogP contribution < -0.4 is 14.8 Å². The summed E-state index contributed by atoms with van der Waals surface area (Å²) in [5, 5.41) is 6.63. The molecule has 1 unspecified atom stereocenters. The smallest absolute Gasteiger partial charge is 0.231 e. The first-order chi connectivity index (χ1) is 15.7. The second-order valence-corrected chi connectivity index (χ2v) is 9.30. The molecule has 2 aliphatic rings. The lowest BCUT2D eigenvalue weighted by Crippen LogP contribution is -2.37. The van der Waals surface area contributed by atoms with Crippen molar-refractivity contribution in [3.05, 3.63) is 64.1 Å². The number of nitrogens with zero attached hydrogens (tertiary/aromatic N) is 2. The van der Waals surface area contributed by atoms with Gasteiger partial charge in [0.25, 0.3) is 0 Å². The van der Waals surface area contributed by atoms with E-state index in [1.165, 1.54) is 24.2 Å². The van der Waals surface area contributed by atoms with Crippen molar-refractivity contribution in [1.29, 1.82) is 0 Å². The first-order valence-electron chi connectivity index (χ1n) is 10.8. The van der Waals surface area contributed by atoms with Gasteiger partial charge in [-0.1, -0.05) is 23.7 Å². The number of ether oxygens (including phenoxy) is 2. The average molecular weight is 470 g/mol. The minimum absolute atomic E-state index is 0.0289. The molecule has 0 spiro atoms. The van der Waals surface area contributed by atoms with Gasteiger partial charge in [0.05, 0.1) is 18.2 Å². The van der Waals surface area contributed by atoms with Crippen LogP contribution in [-0.4, -0.2) is 42.2 Å². The second kappa shape index (κ2) is 9.48. The lowest BCUT2D eigenvalue weighted by molar-refractivity contribution is -0.120. The van der Waals surface area contributed by atoms with Crippen LogP contribution in [0, 0.1) is 0 Å². The number of nitrogens with one attached hydrogen (secondary N) is 1. The largest absolute Gasteiger partial charge is 0.454 e. The van der Waals surface area contributed by atoms with E-state index in [4.69, 9.17) is 21.1 Å². The molecule has 1 atom stereocenters. The van der Waals surface area contributed by atoms with E-state index in [1.807, 2.05) is 41.8 Å². The van der Waals surface area contributed by atoms with E-state index in [0.29, 0.717) is 6.54 Å². The van der Waals surface area contributed by atoms with Gasteiger partial charge in [0.1, 0.15) is 5.01 Å². The van der Waals surface area contributed by atoms with Crippen LogP contribution in [0.1, 0.15) is 30.1 Å². The number of fused-ring (bicyclic) bond motifs is 1. The number of hydrogen-bond donors (Lipinski definition) is 1. The van der Waals surface area contributed by atoms with Crippen molar-refractivity contribution in [3.63, 3.8) is 0 Å². The Hall–Kier alpha value is -2.61. The molecule has 6 nitrogen and oxygen atoms in total. The summed E-state index contributed by atoms with van der Waals surface area (Å²) < 4.78 is 10.8. The fourth-order valence-corrected chi connectivity index (χ4v) is 5.23. The van der Waals surface area contributed by atoms with Crippen LogP contribution in [0.3, 0.4) is 0 Å². The van der Waals surface area contributed by atoms with Gasteiger partial charge in [-0.25, -0.2) is 4.98 Å². The zero-order valence-corrected chi connectivity index (χ0v) is 19.1. The van der Waals surface area contributed by atoms with Gasteiger partial charge >= 0.3 is 0 Å². The van der Waals surface area contributed by atoms with Gasteiger partial charge in [0.15, 0.2) is 11.5 Å². The Labute approximate surface area is 196 Å². The van der Waals surface area contributed by atoms with Crippen LogP contribution in [0.5, 0.6) is 11.5 Å². The van der Waals surface area contributed by atoms with Crippen molar-refractivity contribution < 1.29 is 14.3 Å². The average Bonchev–Trinajstić information content (AvgIpc) is 3.55. The molecule has 2 aliphatic heterocycles. The molecule has 32 heavy (non-hydrogen) atoms. The molecule has 1 aromatic heterocycles. The van der Waals surface area contributed by atoms with Crippen molar-refractivity contribution in [2.75, 3.05) is 26.4 Å². The lowest BCUT2D eigenvalue weighted by atomic mass is 10.1. The summed E-state index contributed by atoms with van der Waals surface area (Å²) in [5.41, 5.74) is 2.86. The topological polar surface area (TPSA) is 63.7 Å². The molecule has 166 valence electrons. The van der Waals surface area contributed by atoms with Crippen LogP contribution >= 0.6 is 22.9 Å². The lowest BCUT2D eigenvalue weighted by Gasteiger charge is -2.28. The Kier molecular flexibility index (Phi) is 6.30. The van der Waals surface area contributed by atoms with Crippen molar-refractivity contribution in [2.24, 2.45) is 0 Å². The van der Waals surface area contributed by atoms with E-state index in [0.717, 1.165) is 51.4 Å². The van der Waals surface area contributed by atoms with Crippen LogP contribution in [0.25, 0.3) is 10.6 Å². The molecule has 1 fully saturated rings. The zero-order valence-electron chi connectivity index (χ0n) is 17.6. The van der Waals surface area contributed by atoms with E-state index < -0.39 is 0 Å².